The molecule has 1 saturated heterocycles. The summed E-state index contributed by atoms with van der Waals surface area (Å²) in [7, 11) is 1.60. The lowest BCUT2D eigenvalue weighted by molar-refractivity contribution is -0.236. The van der Waals surface area contributed by atoms with Crippen molar-refractivity contribution in [2.45, 2.75) is 64.0 Å². The molecule has 36 heavy (non-hydrogen) atoms. The second-order valence-electron chi connectivity index (χ2n) is 9.82. The van der Waals surface area contributed by atoms with Gasteiger partial charge in [-0.05, 0) is 49.3 Å². The summed E-state index contributed by atoms with van der Waals surface area (Å²) in [5, 5.41) is 3.05. The Morgan fingerprint density at radius 3 is 2.64 bits per heavy atom. The summed E-state index contributed by atoms with van der Waals surface area (Å²) in [5.74, 6) is -0.183. The zero-order valence-electron chi connectivity index (χ0n) is 21.0. The molecular formula is C27H34F3N3O3. The Kier molecular flexibility index (Phi) is 8.32. The van der Waals surface area contributed by atoms with Gasteiger partial charge >= 0.3 is 6.18 Å². The average Bonchev–Trinajstić information content (AvgIpc) is 3.20. The normalized spacial score (nSPS) is 23.3. The summed E-state index contributed by atoms with van der Waals surface area (Å²) in [5.41, 5.74) is 4.50. The average molecular weight is 506 g/mol. The second kappa shape index (κ2) is 11.3. The van der Waals surface area contributed by atoms with Gasteiger partial charge in [-0.3, -0.25) is 14.7 Å². The number of fused-ring (bicyclic) bond motifs is 1. The molecule has 0 bridgehead atoms. The Morgan fingerprint density at radius 2 is 2.03 bits per heavy atom. The van der Waals surface area contributed by atoms with Crippen LogP contribution in [0.5, 0.6) is 0 Å². The van der Waals surface area contributed by atoms with Crippen LogP contribution >= 0.6 is 0 Å². The number of halogens is 3. The molecule has 1 fully saturated rings. The molecule has 2 aromatic rings. The highest BCUT2D eigenvalue weighted by Crippen LogP contribution is 2.37. The highest BCUT2D eigenvalue weighted by Gasteiger charge is 2.43. The van der Waals surface area contributed by atoms with Crippen molar-refractivity contribution in [1.29, 1.82) is 0 Å². The number of nitrogens with one attached hydrogen (secondary N) is 1. The maximum absolute atomic E-state index is 13.1. The number of amides is 1. The minimum Gasteiger partial charge on any atom is -0.382 e. The summed E-state index contributed by atoms with van der Waals surface area (Å²) in [6, 6.07) is 9.64. The number of benzene rings is 1. The lowest BCUT2D eigenvalue weighted by Gasteiger charge is -2.34. The molecule has 0 saturated carbocycles. The Labute approximate surface area is 210 Å². The zero-order chi connectivity index (χ0) is 25.9. The number of aromatic nitrogens is 1. The van der Waals surface area contributed by atoms with E-state index in [0.717, 1.165) is 28.8 Å². The van der Waals surface area contributed by atoms with E-state index in [2.05, 4.69) is 22.1 Å². The van der Waals surface area contributed by atoms with Crippen LogP contribution in [0.1, 0.15) is 71.0 Å². The van der Waals surface area contributed by atoms with E-state index in [1.54, 1.807) is 13.3 Å². The van der Waals surface area contributed by atoms with Crippen molar-refractivity contribution in [3.8, 4) is 0 Å². The Balaban J connectivity index is 1.42. The molecule has 1 aromatic carbocycles. The van der Waals surface area contributed by atoms with Crippen molar-refractivity contribution in [2.75, 3.05) is 26.9 Å². The number of rotatable bonds is 8. The number of hydrogen-bond donors (Lipinski definition) is 1. The van der Waals surface area contributed by atoms with Gasteiger partial charge in [0.25, 0.3) is 5.91 Å². The number of pyridine rings is 1. The predicted molar refractivity (Wildman–Crippen MR) is 129 cm³/mol. The highest BCUT2D eigenvalue weighted by atomic mass is 19.4. The van der Waals surface area contributed by atoms with Gasteiger partial charge in [-0.1, -0.05) is 36.8 Å². The Hall–Kier alpha value is -2.49. The van der Waals surface area contributed by atoms with Crippen molar-refractivity contribution in [3.05, 3.63) is 64.5 Å². The van der Waals surface area contributed by atoms with Crippen LogP contribution in [0.15, 0.2) is 36.5 Å². The monoisotopic (exact) mass is 505 g/mol. The van der Waals surface area contributed by atoms with Crippen molar-refractivity contribution < 1.29 is 27.4 Å². The molecule has 6 nitrogen and oxygen atoms in total. The van der Waals surface area contributed by atoms with Crippen LogP contribution in [0.25, 0.3) is 0 Å². The van der Waals surface area contributed by atoms with Crippen LogP contribution < -0.4 is 5.32 Å². The standard InChI is InChI=1S/C27H34F3N3O3/c1-4-23-25-21(14-33(23)13-18-7-10-24(36-15-18)27(28,29)30)11-20(12-31-25)26(34)32-22(16-35-3)19-8-5-17(2)6-9-19/h5-6,8-9,11-12,18,22-24H,4,7,10,13-16H2,1-3H3,(H,32,34)/t18-,22+,23+,24-/m1/s1. The lowest BCUT2D eigenvalue weighted by Crippen LogP contribution is -2.40. The van der Waals surface area contributed by atoms with Crippen LogP contribution in [0.2, 0.25) is 0 Å². The predicted octanol–water partition coefficient (Wildman–Crippen LogP) is 5.13. The molecule has 2 aliphatic heterocycles. The molecule has 1 N–H and O–H groups in total. The maximum Gasteiger partial charge on any atom is 0.414 e. The van der Waals surface area contributed by atoms with E-state index in [1.807, 2.05) is 37.3 Å². The Morgan fingerprint density at radius 1 is 1.28 bits per heavy atom. The molecule has 4 rings (SSSR count). The van der Waals surface area contributed by atoms with Crippen LogP contribution in [0.4, 0.5) is 13.2 Å². The third-order valence-electron chi connectivity index (χ3n) is 7.13. The van der Waals surface area contributed by atoms with Crippen LogP contribution in [-0.4, -0.2) is 54.9 Å². The fourth-order valence-corrected chi connectivity index (χ4v) is 5.19. The molecule has 1 aromatic heterocycles. The van der Waals surface area contributed by atoms with Crippen LogP contribution in [0, 0.1) is 12.8 Å². The van der Waals surface area contributed by atoms with E-state index in [-0.39, 0.29) is 36.9 Å². The molecule has 0 aliphatic carbocycles. The summed E-state index contributed by atoms with van der Waals surface area (Å²) in [6.07, 6.45) is -3.04. The van der Waals surface area contributed by atoms with Crippen molar-refractivity contribution in [2.24, 2.45) is 5.92 Å². The molecule has 196 valence electrons. The fourth-order valence-electron chi connectivity index (χ4n) is 5.19. The first-order chi connectivity index (χ1) is 17.2. The first-order valence-corrected chi connectivity index (χ1v) is 12.5. The smallest absolute Gasteiger partial charge is 0.382 e. The first-order valence-electron chi connectivity index (χ1n) is 12.5. The van der Waals surface area contributed by atoms with E-state index < -0.39 is 12.3 Å². The number of hydrogen-bond acceptors (Lipinski definition) is 5. The number of carbonyl (C=O) groups is 1. The quantitative estimate of drug-likeness (QED) is 0.539. The van der Waals surface area contributed by atoms with Crippen molar-refractivity contribution >= 4 is 5.91 Å². The molecule has 0 unspecified atom stereocenters. The van der Waals surface area contributed by atoms with Gasteiger partial charge in [0.1, 0.15) is 0 Å². The van der Waals surface area contributed by atoms with E-state index in [1.165, 1.54) is 0 Å². The third kappa shape index (κ3) is 6.07. The Bertz CT molecular complexity index is 1040. The molecule has 4 atom stereocenters. The van der Waals surface area contributed by atoms with Gasteiger partial charge in [0.05, 0.1) is 36.6 Å². The van der Waals surface area contributed by atoms with Gasteiger partial charge in [0.2, 0.25) is 0 Å². The molecular weight excluding hydrogens is 471 g/mol. The second-order valence-corrected chi connectivity index (χ2v) is 9.82. The van der Waals surface area contributed by atoms with E-state index in [9.17, 15) is 18.0 Å². The van der Waals surface area contributed by atoms with E-state index in [4.69, 9.17) is 9.47 Å². The summed E-state index contributed by atoms with van der Waals surface area (Å²) in [6.45, 7) is 5.79. The summed E-state index contributed by atoms with van der Waals surface area (Å²) in [4.78, 5) is 20.0. The number of methoxy groups -OCH3 is 1. The molecule has 9 heteroatoms. The first kappa shape index (κ1) is 26.6. The number of ether oxygens (including phenoxy) is 2. The lowest BCUT2D eigenvalue weighted by atomic mass is 9.97. The minimum atomic E-state index is -4.30. The van der Waals surface area contributed by atoms with Crippen LogP contribution in [0.3, 0.4) is 0 Å². The van der Waals surface area contributed by atoms with E-state index >= 15 is 0 Å². The number of aryl methyl sites for hydroxylation is 1. The molecule has 2 aliphatic rings. The van der Waals surface area contributed by atoms with Gasteiger partial charge in [-0.25, -0.2) is 0 Å². The topological polar surface area (TPSA) is 63.7 Å². The SMILES string of the molecule is CC[C@H]1c2ncc(C(=O)N[C@@H](COC)c3ccc(C)cc3)cc2CN1C[C@H]1CC[C@H](C(F)(F)F)OC1. The number of carbonyl (C=O) groups excluding carboxylic acids is 1. The molecule has 1 amide bonds. The zero-order valence-corrected chi connectivity index (χ0v) is 21.0. The van der Waals surface area contributed by atoms with Crippen molar-refractivity contribution in [1.82, 2.24) is 15.2 Å². The summed E-state index contributed by atoms with van der Waals surface area (Å²) >= 11 is 0. The summed E-state index contributed by atoms with van der Waals surface area (Å²) < 4.78 is 49.2. The highest BCUT2D eigenvalue weighted by molar-refractivity contribution is 5.94. The van der Waals surface area contributed by atoms with Gasteiger partial charge < -0.3 is 14.8 Å². The van der Waals surface area contributed by atoms with E-state index in [0.29, 0.717) is 31.7 Å². The number of nitrogens with zero attached hydrogens (tertiary/aromatic N) is 2. The molecule has 3 heterocycles. The van der Waals surface area contributed by atoms with Gasteiger partial charge in [0.15, 0.2) is 6.10 Å². The minimum absolute atomic E-state index is 0.00204. The molecule has 0 radical (unpaired) electrons. The van der Waals surface area contributed by atoms with Gasteiger partial charge in [0, 0.05) is 26.4 Å². The van der Waals surface area contributed by atoms with Crippen molar-refractivity contribution in [3.63, 3.8) is 0 Å². The van der Waals surface area contributed by atoms with Gasteiger partial charge in [-0.15, -0.1) is 0 Å². The van der Waals surface area contributed by atoms with Crippen LogP contribution in [-0.2, 0) is 16.0 Å². The van der Waals surface area contributed by atoms with Gasteiger partial charge in [-0.2, -0.15) is 13.2 Å². The molecule has 0 spiro atoms. The third-order valence-corrected chi connectivity index (χ3v) is 7.13. The largest absolute Gasteiger partial charge is 0.414 e. The maximum atomic E-state index is 13.1. The fraction of sp³-hybridized carbons (Fsp3) is 0.556. The number of alkyl halides is 3.